The lowest BCUT2D eigenvalue weighted by molar-refractivity contribution is -0.176. The molecule has 34 heavy (non-hydrogen) atoms. The van der Waals surface area contributed by atoms with Gasteiger partial charge in [0.15, 0.2) is 0 Å². The lowest BCUT2D eigenvalue weighted by Gasteiger charge is -2.58. The van der Waals surface area contributed by atoms with Crippen LogP contribution in [0, 0.1) is 23.2 Å². The standard InChI is InChI=1S/C23H26N6O5/c1-2-33-20(30)18(24)28-34-21(31)23-7-11-5-12(8-23)16(13(6-11)9-23)29-17-14-3-4-25-19(14)26-10-15(17)27-22(29)32/h3-4,10-13,16H,2,5-9H2,1H3,(H2,24,28)(H,25,26)(H,27,32). The number of imidazole rings is 1. The molecule has 0 radical (unpaired) electrons. The molecule has 3 aromatic heterocycles. The Labute approximate surface area is 193 Å². The molecule has 4 N–H and O–H groups in total. The number of carbonyl (C=O) groups excluding carboxylic acids is 2. The van der Waals surface area contributed by atoms with Crippen LogP contribution in [-0.2, 0) is 19.2 Å². The Hall–Kier alpha value is -3.63. The summed E-state index contributed by atoms with van der Waals surface area (Å²) >= 11 is 0. The molecular formula is C23H26N6O5. The summed E-state index contributed by atoms with van der Waals surface area (Å²) in [6.07, 6.45) is 7.39. The molecule has 2 atom stereocenters. The van der Waals surface area contributed by atoms with Crippen LogP contribution in [0.4, 0.5) is 0 Å². The van der Waals surface area contributed by atoms with E-state index < -0.39 is 23.2 Å². The molecule has 178 valence electrons. The van der Waals surface area contributed by atoms with Gasteiger partial charge >= 0.3 is 17.6 Å². The normalized spacial score (nSPS) is 30.2. The molecule has 7 rings (SSSR count). The third-order valence-electron chi connectivity index (χ3n) is 7.93. The molecule has 3 aromatic rings. The number of carbonyl (C=O) groups is 2. The van der Waals surface area contributed by atoms with Crippen molar-refractivity contribution in [1.29, 1.82) is 0 Å². The van der Waals surface area contributed by atoms with E-state index in [-0.39, 0.29) is 30.2 Å². The van der Waals surface area contributed by atoms with Gasteiger partial charge in [-0.25, -0.2) is 19.4 Å². The summed E-state index contributed by atoms with van der Waals surface area (Å²) in [4.78, 5) is 53.6. The van der Waals surface area contributed by atoms with E-state index in [1.54, 1.807) is 13.1 Å². The van der Waals surface area contributed by atoms with Crippen molar-refractivity contribution in [3.8, 4) is 0 Å². The van der Waals surface area contributed by atoms with E-state index in [0.717, 1.165) is 35.8 Å². The van der Waals surface area contributed by atoms with Gasteiger partial charge in [-0.05, 0) is 62.8 Å². The van der Waals surface area contributed by atoms with Gasteiger partial charge in [0.25, 0.3) is 0 Å². The number of rotatable bonds is 4. The lowest BCUT2D eigenvalue weighted by atomic mass is 9.48. The second-order valence-electron chi connectivity index (χ2n) is 9.88. The molecule has 0 aromatic carbocycles. The van der Waals surface area contributed by atoms with Crippen molar-refractivity contribution in [3.05, 3.63) is 28.9 Å². The maximum absolute atomic E-state index is 13.2. The van der Waals surface area contributed by atoms with E-state index in [4.69, 9.17) is 15.3 Å². The average molecular weight is 466 g/mol. The highest BCUT2D eigenvalue weighted by atomic mass is 16.7. The van der Waals surface area contributed by atoms with Crippen LogP contribution in [0.2, 0.25) is 0 Å². The summed E-state index contributed by atoms with van der Waals surface area (Å²) in [6.45, 7) is 1.80. The fraction of sp³-hybridized carbons (Fsp3) is 0.522. The molecule has 0 spiro atoms. The van der Waals surface area contributed by atoms with Gasteiger partial charge in [-0.15, -0.1) is 0 Å². The number of nitrogens with two attached hydrogens (primary N) is 1. The van der Waals surface area contributed by atoms with Crippen LogP contribution in [0.25, 0.3) is 22.1 Å². The van der Waals surface area contributed by atoms with Crippen molar-refractivity contribution in [2.75, 3.05) is 6.61 Å². The van der Waals surface area contributed by atoms with Crippen molar-refractivity contribution in [2.24, 2.45) is 34.1 Å². The smallest absolute Gasteiger partial charge is 0.377 e. The topological polar surface area (TPSA) is 157 Å². The first-order valence-corrected chi connectivity index (χ1v) is 11.7. The minimum absolute atomic E-state index is 0.00710. The maximum atomic E-state index is 13.2. The molecule has 4 fully saturated rings. The SMILES string of the molecule is CCOC(=O)/C(N)=N/OC(=O)C12CC3CC(C1)C(n1c(=O)[nH]c4cnc5[nH]ccc5c41)C(C3)C2. The Morgan fingerprint density at radius 1 is 1.29 bits per heavy atom. The number of hydrogen-bond donors (Lipinski definition) is 3. The molecule has 4 aliphatic carbocycles. The fourth-order valence-corrected chi connectivity index (χ4v) is 7.01. The Kier molecular flexibility index (Phi) is 4.58. The van der Waals surface area contributed by atoms with Gasteiger partial charge in [0.05, 0.1) is 29.3 Å². The van der Waals surface area contributed by atoms with E-state index in [2.05, 4.69) is 20.1 Å². The van der Waals surface area contributed by atoms with Crippen LogP contribution in [0.15, 0.2) is 28.4 Å². The van der Waals surface area contributed by atoms with E-state index >= 15 is 0 Å². The fourth-order valence-electron chi connectivity index (χ4n) is 7.01. The minimum atomic E-state index is -0.815. The monoisotopic (exact) mass is 466 g/mol. The van der Waals surface area contributed by atoms with Crippen molar-refractivity contribution in [2.45, 2.75) is 45.1 Å². The number of H-pyrrole nitrogens is 2. The van der Waals surface area contributed by atoms with Crippen molar-refractivity contribution in [1.82, 2.24) is 19.5 Å². The third kappa shape index (κ3) is 2.99. The number of aromatic amines is 2. The second kappa shape index (κ2) is 7.44. The number of aromatic nitrogens is 4. The zero-order valence-electron chi connectivity index (χ0n) is 18.7. The molecule has 4 aliphatic rings. The van der Waals surface area contributed by atoms with E-state index in [0.29, 0.717) is 24.3 Å². The number of fused-ring (bicyclic) bond motifs is 3. The molecule has 0 aliphatic heterocycles. The average Bonchev–Trinajstić information content (AvgIpc) is 3.40. The Bertz CT molecular complexity index is 1380. The van der Waals surface area contributed by atoms with Gasteiger partial charge in [-0.1, -0.05) is 5.16 Å². The first kappa shape index (κ1) is 20.9. The lowest BCUT2D eigenvalue weighted by Crippen LogP contribution is -2.55. The van der Waals surface area contributed by atoms with Crippen LogP contribution in [-0.4, -0.2) is 43.9 Å². The number of pyridine rings is 1. The van der Waals surface area contributed by atoms with Gasteiger partial charge in [-0.3, -0.25) is 4.57 Å². The number of nitrogens with one attached hydrogen (secondary N) is 2. The van der Waals surface area contributed by atoms with Gasteiger partial charge < -0.3 is 25.3 Å². The second-order valence-corrected chi connectivity index (χ2v) is 9.88. The molecule has 4 bridgehead atoms. The van der Waals surface area contributed by atoms with Crippen LogP contribution in [0.1, 0.15) is 45.1 Å². The molecule has 0 saturated heterocycles. The Balaban J connectivity index is 1.32. The summed E-state index contributed by atoms with van der Waals surface area (Å²) in [6, 6.07) is 1.93. The molecule has 3 heterocycles. The first-order chi connectivity index (χ1) is 16.4. The van der Waals surface area contributed by atoms with Gasteiger partial charge in [-0.2, -0.15) is 0 Å². The molecule has 2 unspecified atom stereocenters. The van der Waals surface area contributed by atoms with Gasteiger partial charge in [0, 0.05) is 17.6 Å². The zero-order chi connectivity index (χ0) is 23.6. The third-order valence-corrected chi connectivity index (χ3v) is 7.93. The highest BCUT2D eigenvalue weighted by molar-refractivity contribution is 6.34. The van der Waals surface area contributed by atoms with E-state index in [9.17, 15) is 14.4 Å². The molecule has 0 amide bonds. The van der Waals surface area contributed by atoms with Crippen LogP contribution >= 0.6 is 0 Å². The highest BCUT2D eigenvalue weighted by Gasteiger charge is 2.60. The first-order valence-electron chi connectivity index (χ1n) is 11.7. The number of amidine groups is 1. The predicted octanol–water partition coefficient (Wildman–Crippen LogP) is 1.95. The Morgan fingerprint density at radius 2 is 2.06 bits per heavy atom. The largest absolute Gasteiger partial charge is 0.460 e. The number of nitrogens with zero attached hydrogens (tertiary/aromatic N) is 3. The number of esters is 1. The maximum Gasteiger partial charge on any atom is 0.377 e. The summed E-state index contributed by atoms with van der Waals surface area (Å²) in [5, 5.41) is 4.46. The summed E-state index contributed by atoms with van der Waals surface area (Å²) in [5.74, 6) is -1.05. The number of hydrogen-bond acceptors (Lipinski definition) is 7. The number of ether oxygens (including phenoxy) is 1. The zero-order valence-corrected chi connectivity index (χ0v) is 18.7. The van der Waals surface area contributed by atoms with Crippen LogP contribution < -0.4 is 11.4 Å². The molecular weight excluding hydrogens is 440 g/mol. The summed E-state index contributed by atoms with van der Waals surface area (Å²) < 4.78 is 6.68. The summed E-state index contributed by atoms with van der Waals surface area (Å²) in [7, 11) is 0. The van der Waals surface area contributed by atoms with Crippen LogP contribution in [0.5, 0.6) is 0 Å². The van der Waals surface area contributed by atoms with Gasteiger partial charge in [0.1, 0.15) is 5.65 Å². The van der Waals surface area contributed by atoms with Crippen molar-refractivity contribution < 1.29 is 19.2 Å². The molecule has 11 nitrogen and oxygen atoms in total. The number of oxime groups is 1. The highest BCUT2D eigenvalue weighted by Crippen LogP contribution is 2.64. The molecule has 4 saturated carbocycles. The Morgan fingerprint density at radius 3 is 2.79 bits per heavy atom. The quantitative estimate of drug-likeness (QED) is 0.174. The van der Waals surface area contributed by atoms with Crippen molar-refractivity contribution >= 4 is 39.8 Å². The van der Waals surface area contributed by atoms with E-state index in [1.165, 1.54) is 0 Å². The van der Waals surface area contributed by atoms with Crippen LogP contribution in [0.3, 0.4) is 0 Å². The predicted molar refractivity (Wildman–Crippen MR) is 122 cm³/mol. The minimum Gasteiger partial charge on any atom is -0.460 e. The van der Waals surface area contributed by atoms with Crippen molar-refractivity contribution in [3.63, 3.8) is 0 Å². The van der Waals surface area contributed by atoms with Gasteiger partial charge in [0.2, 0.25) is 5.84 Å². The summed E-state index contributed by atoms with van der Waals surface area (Å²) in [5.41, 5.74) is 7.07. The molecule has 11 heteroatoms. The van der Waals surface area contributed by atoms with E-state index in [1.807, 2.05) is 16.8 Å².